The van der Waals surface area contributed by atoms with E-state index in [1.54, 1.807) is 19.1 Å². The van der Waals surface area contributed by atoms with Crippen molar-refractivity contribution in [3.8, 4) is 0 Å². The molecule has 0 spiro atoms. The van der Waals surface area contributed by atoms with Crippen molar-refractivity contribution in [3.05, 3.63) is 50.4 Å². The van der Waals surface area contributed by atoms with Gasteiger partial charge in [0.05, 0.1) is 11.4 Å². The molecule has 0 unspecified atom stereocenters. The number of hydrogen-bond donors (Lipinski definition) is 1. The highest BCUT2D eigenvalue weighted by Gasteiger charge is 2.11. The molecule has 0 saturated carbocycles. The van der Waals surface area contributed by atoms with E-state index in [9.17, 15) is 4.79 Å². The van der Waals surface area contributed by atoms with Crippen LogP contribution in [0.15, 0.2) is 28.9 Å². The van der Waals surface area contributed by atoms with Crippen LogP contribution < -0.4 is 5.32 Å². The number of carbonyl (C=O) groups excluding carboxylic acids is 1. The molecule has 1 amide bonds. The normalized spacial score (nSPS) is 10.3. The van der Waals surface area contributed by atoms with Crippen molar-refractivity contribution in [2.75, 3.05) is 5.32 Å². The lowest BCUT2D eigenvalue weighted by Crippen LogP contribution is -2.13. The first-order valence-electron chi connectivity index (χ1n) is 5.23. The Kier molecular flexibility index (Phi) is 4.39. The summed E-state index contributed by atoms with van der Waals surface area (Å²) in [4.78, 5) is 20.0. The van der Waals surface area contributed by atoms with Crippen LogP contribution in [0.25, 0.3) is 0 Å². The first-order valence-corrected chi connectivity index (χ1v) is 6.78. The summed E-state index contributed by atoms with van der Waals surface area (Å²) in [6.07, 6.45) is 0. The molecule has 0 atom stereocenters. The summed E-state index contributed by atoms with van der Waals surface area (Å²) < 4.78 is 0.706. The van der Waals surface area contributed by atoms with Crippen LogP contribution in [-0.2, 0) is 0 Å². The van der Waals surface area contributed by atoms with Gasteiger partial charge in [0.15, 0.2) is 0 Å². The maximum absolute atomic E-state index is 12.1. The Morgan fingerprint density at radius 3 is 2.42 bits per heavy atom. The van der Waals surface area contributed by atoms with Gasteiger partial charge in [-0.3, -0.25) is 4.79 Å². The van der Waals surface area contributed by atoms with E-state index in [-0.39, 0.29) is 16.2 Å². The van der Waals surface area contributed by atoms with E-state index >= 15 is 0 Å². The average molecular weight is 361 g/mol. The Morgan fingerprint density at radius 1 is 1.21 bits per heavy atom. The number of pyridine rings is 2. The zero-order chi connectivity index (χ0) is 14.0. The number of amides is 1. The quantitative estimate of drug-likeness (QED) is 0.820. The van der Waals surface area contributed by atoms with E-state index in [0.29, 0.717) is 21.5 Å². The number of hydrogen-bond acceptors (Lipinski definition) is 3. The topological polar surface area (TPSA) is 54.9 Å². The molecule has 2 aromatic heterocycles. The number of carbonyl (C=O) groups is 1. The Morgan fingerprint density at radius 2 is 1.84 bits per heavy atom. The zero-order valence-corrected chi connectivity index (χ0v) is 12.8. The van der Waals surface area contributed by atoms with Crippen LogP contribution in [0.2, 0.25) is 10.3 Å². The summed E-state index contributed by atoms with van der Waals surface area (Å²) in [6, 6.07) is 6.40. The predicted molar refractivity (Wildman–Crippen MR) is 78.9 cm³/mol. The molecule has 0 radical (unpaired) electrons. The van der Waals surface area contributed by atoms with E-state index in [1.165, 1.54) is 12.1 Å². The molecule has 0 saturated heterocycles. The van der Waals surface area contributed by atoms with Crippen molar-refractivity contribution in [2.24, 2.45) is 0 Å². The highest BCUT2D eigenvalue weighted by atomic mass is 79.9. The monoisotopic (exact) mass is 359 g/mol. The van der Waals surface area contributed by atoms with Crippen LogP contribution >= 0.6 is 39.1 Å². The molecule has 0 aliphatic heterocycles. The largest absolute Gasteiger partial charge is 0.320 e. The fourth-order valence-electron chi connectivity index (χ4n) is 1.45. The third kappa shape index (κ3) is 3.65. The Hall–Kier alpha value is -1.17. The van der Waals surface area contributed by atoms with Gasteiger partial charge in [0.2, 0.25) is 0 Å². The van der Waals surface area contributed by atoms with Gasteiger partial charge in [0, 0.05) is 5.56 Å². The van der Waals surface area contributed by atoms with E-state index in [0.717, 1.165) is 0 Å². The minimum Gasteiger partial charge on any atom is -0.320 e. The van der Waals surface area contributed by atoms with Crippen LogP contribution in [0, 0.1) is 6.92 Å². The molecular weight excluding hydrogens is 353 g/mol. The first kappa shape index (κ1) is 14.2. The summed E-state index contributed by atoms with van der Waals surface area (Å²) in [7, 11) is 0. The van der Waals surface area contributed by atoms with Crippen molar-refractivity contribution in [1.82, 2.24) is 9.97 Å². The van der Waals surface area contributed by atoms with Crippen LogP contribution in [0.5, 0.6) is 0 Å². The van der Waals surface area contributed by atoms with Gasteiger partial charge >= 0.3 is 0 Å². The standard InChI is InChI=1S/C12H8BrCl2N3O/c1-6-8(2-3-9(13)16-6)17-12(19)7-4-10(14)18-11(15)5-7/h2-5H,1H3,(H,17,19). The lowest BCUT2D eigenvalue weighted by Gasteiger charge is -2.08. The first-order chi connectivity index (χ1) is 8.95. The van der Waals surface area contributed by atoms with Gasteiger partial charge < -0.3 is 5.32 Å². The van der Waals surface area contributed by atoms with Crippen molar-refractivity contribution < 1.29 is 4.79 Å². The minimum atomic E-state index is -0.321. The molecule has 2 rings (SSSR count). The molecule has 0 bridgehead atoms. The molecule has 4 nitrogen and oxygen atoms in total. The van der Waals surface area contributed by atoms with Crippen molar-refractivity contribution in [2.45, 2.75) is 6.92 Å². The predicted octanol–water partition coefficient (Wildman–Crippen LogP) is 4.11. The summed E-state index contributed by atoms with van der Waals surface area (Å²) in [6.45, 7) is 1.80. The molecule has 2 heterocycles. The average Bonchev–Trinajstić information content (AvgIpc) is 2.31. The van der Waals surface area contributed by atoms with Gasteiger partial charge in [0.1, 0.15) is 14.9 Å². The van der Waals surface area contributed by atoms with Gasteiger partial charge in [-0.05, 0) is 47.1 Å². The molecule has 2 aromatic rings. The van der Waals surface area contributed by atoms with E-state index in [2.05, 4.69) is 31.2 Å². The number of aryl methyl sites for hydroxylation is 1. The number of nitrogens with one attached hydrogen (secondary N) is 1. The molecular formula is C12H8BrCl2N3O. The van der Waals surface area contributed by atoms with Gasteiger partial charge in [-0.2, -0.15) is 0 Å². The number of anilines is 1. The minimum absolute atomic E-state index is 0.170. The molecule has 0 aliphatic rings. The summed E-state index contributed by atoms with van der Waals surface area (Å²) in [5, 5.41) is 3.08. The SMILES string of the molecule is Cc1nc(Br)ccc1NC(=O)c1cc(Cl)nc(Cl)c1. The summed E-state index contributed by atoms with van der Waals surface area (Å²) in [5.74, 6) is -0.321. The molecule has 1 N–H and O–H groups in total. The molecule has 19 heavy (non-hydrogen) atoms. The van der Waals surface area contributed by atoms with Crippen molar-refractivity contribution in [3.63, 3.8) is 0 Å². The third-order valence-electron chi connectivity index (χ3n) is 2.33. The van der Waals surface area contributed by atoms with Crippen LogP contribution in [0.1, 0.15) is 16.1 Å². The van der Waals surface area contributed by atoms with Gasteiger partial charge in [-0.1, -0.05) is 23.2 Å². The smallest absolute Gasteiger partial charge is 0.255 e. The lowest BCUT2D eigenvalue weighted by molar-refractivity contribution is 0.102. The summed E-state index contributed by atoms with van der Waals surface area (Å²) in [5.41, 5.74) is 1.67. The molecule has 0 fully saturated rings. The fourth-order valence-corrected chi connectivity index (χ4v) is 2.31. The van der Waals surface area contributed by atoms with Gasteiger partial charge in [-0.15, -0.1) is 0 Å². The molecule has 98 valence electrons. The highest BCUT2D eigenvalue weighted by Crippen LogP contribution is 2.19. The molecule has 0 aromatic carbocycles. The lowest BCUT2D eigenvalue weighted by atomic mass is 10.2. The van der Waals surface area contributed by atoms with E-state index in [1.807, 2.05) is 0 Å². The van der Waals surface area contributed by atoms with Crippen LogP contribution in [0.4, 0.5) is 5.69 Å². The summed E-state index contributed by atoms with van der Waals surface area (Å²) >= 11 is 14.8. The Balaban J connectivity index is 2.25. The number of rotatable bonds is 2. The highest BCUT2D eigenvalue weighted by molar-refractivity contribution is 9.10. The second-order valence-electron chi connectivity index (χ2n) is 3.72. The second kappa shape index (κ2) is 5.86. The van der Waals surface area contributed by atoms with Crippen LogP contribution in [-0.4, -0.2) is 15.9 Å². The zero-order valence-electron chi connectivity index (χ0n) is 9.75. The van der Waals surface area contributed by atoms with Gasteiger partial charge in [-0.25, -0.2) is 9.97 Å². The van der Waals surface area contributed by atoms with Crippen LogP contribution in [0.3, 0.4) is 0 Å². The van der Waals surface area contributed by atoms with E-state index in [4.69, 9.17) is 23.2 Å². The fraction of sp³-hybridized carbons (Fsp3) is 0.0833. The maximum atomic E-state index is 12.1. The molecule has 7 heteroatoms. The second-order valence-corrected chi connectivity index (χ2v) is 5.31. The van der Waals surface area contributed by atoms with E-state index < -0.39 is 0 Å². The Bertz CT molecular complexity index is 629. The maximum Gasteiger partial charge on any atom is 0.255 e. The number of nitrogens with zero attached hydrogens (tertiary/aromatic N) is 2. The third-order valence-corrected chi connectivity index (χ3v) is 3.15. The Labute approximate surface area is 128 Å². The number of aromatic nitrogens is 2. The van der Waals surface area contributed by atoms with Crippen molar-refractivity contribution >= 4 is 50.7 Å². The van der Waals surface area contributed by atoms with Crippen molar-refractivity contribution in [1.29, 1.82) is 0 Å². The molecule has 0 aliphatic carbocycles. The number of halogens is 3. The van der Waals surface area contributed by atoms with Gasteiger partial charge in [0.25, 0.3) is 5.91 Å².